The molecule has 0 aromatic rings. The summed E-state index contributed by atoms with van der Waals surface area (Å²) in [4.78, 5) is 24.6. The molecule has 0 aliphatic rings. The number of ether oxygens (including phenoxy) is 1. The number of hydrogen-bond donors (Lipinski definition) is 3. The number of hydrogen-bond acceptors (Lipinski definition) is 5. The highest BCUT2D eigenvalue weighted by atomic mass is 16.5. The van der Waals surface area contributed by atoms with E-state index in [4.69, 9.17) is 4.74 Å². The standard InChI is InChI=1S/C64H121NO5/c1-3-5-7-9-11-13-15-17-19-21-23-24-25-26-27-28-29-31-33-36-40-44-48-52-56-62(67)61(60-66)65-63(68)57-53-49-45-41-37-35-39-43-47-51-55-59-70-64(69)58-54-50-46-42-38-34-32-30-22-20-18-16-14-12-10-8-6-4-2/h14,16,20,22,39,43,61-62,66-67H,3-13,15,17-19,21,23-38,40-42,44-60H2,1-2H3,(H,65,68)/b16-14-,22-20-,43-39-. The van der Waals surface area contributed by atoms with Gasteiger partial charge in [-0.05, 0) is 83.5 Å². The minimum Gasteiger partial charge on any atom is -0.466 e. The van der Waals surface area contributed by atoms with E-state index in [0.717, 1.165) is 89.9 Å². The van der Waals surface area contributed by atoms with Gasteiger partial charge in [0.05, 0.1) is 25.4 Å². The molecule has 0 fully saturated rings. The molecule has 6 nitrogen and oxygen atoms in total. The average Bonchev–Trinajstić information content (AvgIpc) is 3.36. The first-order chi connectivity index (χ1) is 34.5. The van der Waals surface area contributed by atoms with Gasteiger partial charge in [-0.25, -0.2) is 0 Å². The second kappa shape index (κ2) is 59.6. The molecule has 0 rings (SSSR count). The van der Waals surface area contributed by atoms with Crippen LogP contribution in [-0.2, 0) is 14.3 Å². The number of unbranched alkanes of at least 4 members (excludes halogenated alkanes) is 41. The first kappa shape index (κ1) is 68.1. The van der Waals surface area contributed by atoms with Crippen LogP contribution in [0.25, 0.3) is 0 Å². The number of carbonyl (C=O) groups is 2. The predicted octanol–water partition coefficient (Wildman–Crippen LogP) is 19.6. The summed E-state index contributed by atoms with van der Waals surface area (Å²) in [5.74, 6) is -0.0994. The van der Waals surface area contributed by atoms with E-state index < -0.39 is 12.1 Å². The van der Waals surface area contributed by atoms with Gasteiger partial charge in [0.1, 0.15) is 0 Å². The second-order valence-electron chi connectivity index (χ2n) is 21.4. The van der Waals surface area contributed by atoms with Crippen molar-refractivity contribution in [2.75, 3.05) is 13.2 Å². The van der Waals surface area contributed by atoms with Crippen molar-refractivity contribution in [1.29, 1.82) is 0 Å². The van der Waals surface area contributed by atoms with Crippen molar-refractivity contribution in [3.63, 3.8) is 0 Å². The maximum atomic E-state index is 12.5. The SMILES string of the molecule is CCCCCC/C=C\C/C=C\CCCCCCCCCC(=O)OCCCC/C=C\CCCCCCCC(=O)NC(CO)C(O)CCCCCCCCCCCCCCCCCCCCCCCCCC. The van der Waals surface area contributed by atoms with Crippen LogP contribution in [0.3, 0.4) is 0 Å². The van der Waals surface area contributed by atoms with E-state index in [9.17, 15) is 19.8 Å². The van der Waals surface area contributed by atoms with Crippen LogP contribution in [0.5, 0.6) is 0 Å². The number of aliphatic hydroxyl groups excluding tert-OH is 2. The van der Waals surface area contributed by atoms with Crippen LogP contribution in [0.15, 0.2) is 36.5 Å². The monoisotopic (exact) mass is 984 g/mol. The highest BCUT2D eigenvalue weighted by Crippen LogP contribution is 2.18. The molecular weight excluding hydrogens is 863 g/mol. The zero-order chi connectivity index (χ0) is 50.7. The molecule has 70 heavy (non-hydrogen) atoms. The fraction of sp³-hybridized carbons (Fsp3) is 0.875. The molecule has 0 saturated carbocycles. The molecule has 6 heteroatoms. The Morgan fingerprint density at radius 3 is 1.11 bits per heavy atom. The van der Waals surface area contributed by atoms with E-state index in [-0.39, 0.29) is 18.5 Å². The summed E-state index contributed by atoms with van der Waals surface area (Å²) in [6.07, 6.45) is 74.4. The van der Waals surface area contributed by atoms with Crippen LogP contribution in [0.1, 0.15) is 335 Å². The van der Waals surface area contributed by atoms with E-state index in [0.29, 0.717) is 25.9 Å². The number of nitrogens with one attached hydrogen (secondary N) is 1. The molecule has 0 spiro atoms. The van der Waals surface area contributed by atoms with E-state index in [1.807, 2.05) is 0 Å². The summed E-state index contributed by atoms with van der Waals surface area (Å²) in [5, 5.41) is 23.4. The summed E-state index contributed by atoms with van der Waals surface area (Å²) < 4.78 is 5.45. The fourth-order valence-corrected chi connectivity index (χ4v) is 9.61. The molecule has 3 N–H and O–H groups in total. The minimum absolute atomic E-state index is 0.0377. The Balaban J connectivity index is 3.49. The third kappa shape index (κ3) is 55.4. The molecule has 0 aromatic carbocycles. The quantitative estimate of drug-likeness (QED) is 0.0321. The molecule has 412 valence electrons. The Kier molecular flexibility index (Phi) is 58.0. The Bertz CT molecular complexity index is 1130. The van der Waals surface area contributed by atoms with Crippen molar-refractivity contribution < 1.29 is 24.5 Å². The third-order valence-electron chi connectivity index (χ3n) is 14.4. The first-order valence-corrected chi connectivity index (χ1v) is 31.2. The average molecular weight is 985 g/mol. The Hall–Kier alpha value is -1.92. The smallest absolute Gasteiger partial charge is 0.305 e. The van der Waals surface area contributed by atoms with Crippen LogP contribution >= 0.6 is 0 Å². The van der Waals surface area contributed by atoms with Crippen molar-refractivity contribution in [3.8, 4) is 0 Å². The number of amides is 1. The molecule has 0 heterocycles. The minimum atomic E-state index is -0.685. The Labute approximate surface area is 436 Å². The van der Waals surface area contributed by atoms with Crippen molar-refractivity contribution in [3.05, 3.63) is 36.5 Å². The number of aliphatic hydroxyl groups is 2. The van der Waals surface area contributed by atoms with Crippen LogP contribution in [0.2, 0.25) is 0 Å². The molecule has 0 radical (unpaired) electrons. The van der Waals surface area contributed by atoms with Crippen LogP contribution in [0.4, 0.5) is 0 Å². The second-order valence-corrected chi connectivity index (χ2v) is 21.4. The summed E-state index contributed by atoms with van der Waals surface area (Å²) in [5.41, 5.74) is 0. The fourth-order valence-electron chi connectivity index (χ4n) is 9.61. The highest BCUT2D eigenvalue weighted by Gasteiger charge is 2.20. The van der Waals surface area contributed by atoms with Gasteiger partial charge in [0.25, 0.3) is 0 Å². The normalized spacial score (nSPS) is 12.8. The van der Waals surface area contributed by atoms with Gasteiger partial charge in [-0.2, -0.15) is 0 Å². The first-order valence-electron chi connectivity index (χ1n) is 31.2. The number of carbonyl (C=O) groups excluding carboxylic acids is 2. The van der Waals surface area contributed by atoms with E-state index >= 15 is 0 Å². The maximum Gasteiger partial charge on any atom is 0.305 e. The maximum absolute atomic E-state index is 12.5. The Morgan fingerprint density at radius 1 is 0.400 bits per heavy atom. The molecular formula is C64H121NO5. The molecule has 0 saturated heterocycles. The van der Waals surface area contributed by atoms with Gasteiger partial charge >= 0.3 is 5.97 Å². The molecule has 0 aliphatic carbocycles. The van der Waals surface area contributed by atoms with Gasteiger partial charge in [0.15, 0.2) is 0 Å². The van der Waals surface area contributed by atoms with Crippen molar-refractivity contribution >= 4 is 11.9 Å². The number of rotatable bonds is 58. The van der Waals surface area contributed by atoms with Crippen LogP contribution in [0, 0.1) is 0 Å². The number of allylic oxidation sites excluding steroid dienone is 6. The lowest BCUT2D eigenvalue weighted by Gasteiger charge is -2.22. The lowest BCUT2D eigenvalue weighted by atomic mass is 10.0. The van der Waals surface area contributed by atoms with Crippen molar-refractivity contribution in [1.82, 2.24) is 5.32 Å². The largest absolute Gasteiger partial charge is 0.466 e. The van der Waals surface area contributed by atoms with Gasteiger partial charge in [0, 0.05) is 12.8 Å². The van der Waals surface area contributed by atoms with Gasteiger partial charge in [-0.3, -0.25) is 9.59 Å². The Morgan fingerprint density at radius 2 is 0.714 bits per heavy atom. The molecule has 2 unspecified atom stereocenters. The van der Waals surface area contributed by atoms with Gasteiger partial charge in [-0.15, -0.1) is 0 Å². The summed E-state index contributed by atoms with van der Waals surface area (Å²) >= 11 is 0. The van der Waals surface area contributed by atoms with E-state index in [1.54, 1.807) is 0 Å². The van der Waals surface area contributed by atoms with Crippen molar-refractivity contribution in [2.45, 2.75) is 347 Å². The van der Waals surface area contributed by atoms with Gasteiger partial charge < -0.3 is 20.3 Å². The van der Waals surface area contributed by atoms with Gasteiger partial charge in [0.2, 0.25) is 5.91 Å². The lowest BCUT2D eigenvalue weighted by molar-refractivity contribution is -0.143. The molecule has 1 amide bonds. The topological polar surface area (TPSA) is 95.9 Å². The van der Waals surface area contributed by atoms with Crippen LogP contribution in [-0.4, -0.2) is 47.4 Å². The third-order valence-corrected chi connectivity index (χ3v) is 14.4. The summed E-state index contributed by atoms with van der Waals surface area (Å²) in [6.45, 7) is 4.88. The summed E-state index contributed by atoms with van der Waals surface area (Å²) in [6, 6.07) is -0.565. The molecule has 2 atom stereocenters. The van der Waals surface area contributed by atoms with Crippen LogP contribution < -0.4 is 5.32 Å². The van der Waals surface area contributed by atoms with E-state index in [2.05, 4.69) is 55.6 Å². The zero-order valence-corrected chi connectivity index (χ0v) is 47.0. The molecule has 0 aliphatic heterocycles. The zero-order valence-electron chi connectivity index (χ0n) is 47.0. The molecule has 0 bridgehead atoms. The summed E-state index contributed by atoms with van der Waals surface area (Å²) in [7, 11) is 0. The predicted molar refractivity (Wildman–Crippen MR) is 306 cm³/mol. The number of esters is 1. The highest BCUT2D eigenvalue weighted by molar-refractivity contribution is 5.76. The lowest BCUT2D eigenvalue weighted by Crippen LogP contribution is -2.45. The van der Waals surface area contributed by atoms with Gasteiger partial charge in [-0.1, -0.05) is 275 Å². The van der Waals surface area contributed by atoms with E-state index in [1.165, 1.54) is 212 Å². The van der Waals surface area contributed by atoms with Crippen molar-refractivity contribution in [2.24, 2.45) is 0 Å². The molecule has 0 aromatic heterocycles.